The molecule has 0 aromatic carbocycles. The minimum atomic E-state index is -4.94. The van der Waals surface area contributed by atoms with Crippen LogP contribution in [0.5, 0.6) is 0 Å². The van der Waals surface area contributed by atoms with Crippen LogP contribution in [0.2, 0.25) is 0 Å². The Bertz CT molecular complexity index is 297. The largest absolute Gasteiger partial charge is 1.00 e. The van der Waals surface area contributed by atoms with E-state index in [9.17, 15) is 28.2 Å². The van der Waals surface area contributed by atoms with Crippen molar-refractivity contribution in [3.63, 3.8) is 0 Å². The summed E-state index contributed by atoms with van der Waals surface area (Å²) in [5.41, 5.74) is 0. The Balaban J connectivity index is -0.000000605. The summed E-state index contributed by atoms with van der Waals surface area (Å²) in [5.74, 6) is -4.08. The fraction of sp³-hybridized carbons (Fsp3) is 0.500. The normalized spacial score (nSPS) is 11.8. The van der Waals surface area contributed by atoms with Crippen LogP contribution in [0.3, 0.4) is 0 Å². The number of hydrogen-bond acceptors (Lipinski definition) is 6. The van der Waals surface area contributed by atoms with Gasteiger partial charge in [0.05, 0.1) is 5.97 Å². The average molecular weight is 210 g/mol. The van der Waals surface area contributed by atoms with Gasteiger partial charge in [-0.05, 0) is 0 Å². The molecule has 1 N–H and O–H groups in total. The zero-order valence-electron chi connectivity index (χ0n) is 7.59. The van der Waals surface area contributed by atoms with Gasteiger partial charge in [0.2, 0.25) is 0 Å². The summed E-state index contributed by atoms with van der Waals surface area (Å²) < 4.78 is 28.5. The van der Waals surface area contributed by atoms with Gasteiger partial charge in [-0.15, -0.1) is 0 Å². The van der Waals surface area contributed by atoms with Crippen molar-refractivity contribution in [1.29, 1.82) is 0 Å². The van der Waals surface area contributed by atoms with E-state index in [4.69, 9.17) is 4.55 Å². The van der Waals surface area contributed by atoms with Gasteiger partial charge in [0.25, 0.3) is 10.1 Å². The fourth-order valence-corrected chi connectivity index (χ4v) is 1.05. The number of carboxylic acid groups (broad SMARTS) is 2. The summed E-state index contributed by atoms with van der Waals surface area (Å²) in [6.45, 7) is 0. The van der Waals surface area contributed by atoms with Gasteiger partial charge in [-0.1, -0.05) is 0 Å². The topological polar surface area (TPSA) is 135 Å². The average Bonchev–Trinajstić information content (AvgIpc) is 1.79. The molecule has 0 aliphatic heterocycles. The Labute approximate surface area is 104 Å². The molecule has 0 aliphatic rings. The molecule has 0 saturated heterocycles. The van der Waals surface area contributed by atoms with Gasteiger partial charge in [-0.25, -0.2) is 0 Å². The number of carbonyl (C=O) groups excluding carboxylic acids is 2. The quantitative estimate of drug-likeness (QED) is 0.359. The molecule has 0 aromatic heterocycles. The molecule has 0 heterocycles. The molecule has 0 aliphatic carbocycles. The van der Waals surface area contributed by atoms with Gasteiger partial charge in [-0.3, -0.25) is 4.55 Å². The first-order valence-corrected chi connectivity index (χ1v) is 4.12. The van der Waals surface area contributed by atoms with Crippen molar-refractivity contribution in [2.24, 2.45) is 0 Å². The molecule has 70 valence electrons. The van der Waals surface area contributed by atoms with E-state index in [1.165, 1.54) is 0 Å². The monoisotopic (exact) mass is 210 g/mol. The van der Waals surface area contributed by atoms with E-state index in [1.54, 1.807) is 0 Å². The van der Waals surface area contributed by atoms with Crippen LogP contribution in [0.4, 0.5) is 0 Å². The molecule has 1 unspecified atom stereocenters. The van der Waals surface area contributed by atoms with E-state index in [-0.39, 0.29) is 37.7 Å². The van der Waals surface area contributed by atoms with Gasteiger partial charge in [-0.2, -0.15) is 8.42 Å². The maximum Gasteiger partial charge on any atom is 1.00 e. The third-order valence-corrected chi connectivity index (χ3v) is 2.05. The minimum absolute atomic E-state index is 0. The van der Waals surface area contributed by atoms with Crippen molar-refractivity contribution >= 4 is 22.1 Å². The number of rotatable bonds is 4. The second-order valence-corrected chi connectivity index (χ2v) is 3.50. The molecule has 7 nitrogen and oxygen atoms in total. The molecule has 0 aromatic rings. The molecule has 0 radical (unpaired) electrons. The van der Waals surface area contributed by atoms with Crippen molar-refractivity contribution in [3.8, 4) is 0 Å². The Morgan fingerprint density at radius 1 is 1.21 bits per heavy atom. The third-order valence-electron chi connectivity index (χ3n) is 0.975. The zero-order valence-corrected chi connectivity index (χ0v) is 8.41. The third kappa shape index (κ3) is 7.45. The Morgan fingerprint density at radius 2 is 1.57 bits per heavy atom. The van der Waals surface area contributed by atoms with E-state index < -0.39 is 33.7 Å². The molecule has 1 atom stereocenters. The molecule has 0 spiro atoms. The summed E-state index contributed by atoms with van der Waals surface area (Å²) in [4.78, 5) is 19.7. The molecule has 0 saturated carbocycles. The smallest absolute Gasteiger partial charge is 0.550 e. The van der Waals surface area contributed by atoms with Crippen molar-refractivity contribution < 1.29 is 70.5 Å². The van der Waals surface area contributed by atoms with Gasteiger partial charge in [0.1, 0.15) is 5.25 Å². The summed E-state index contributed by atoms with van der Waals surface area (Å²) in [5, 5.41) is 17.3. The van der Waals surface area contributed by atoms with Crippen LogP contribution in [-0.4, -0.2) is 30.2 Å². The first kappa shape index (κ1) is 19.6. The van der Waals surface area contributed by atoms with Crippen LogP contribution in [0.25, 0.3) is 0 Å². The van der Waals surface area contributed by atoms with E-state index in [2.05, 4.69) is 0 Å². The second kappa shape index (κ2) is 7.35. The number of aliphatic carboxylic acids is 2. The van der Waals surface area contributed by atoms with Gasteiger partial charge in [0.15, 0.2) is 0 Å². The predicted molar refractivity (Wildman–Crippen MR) is 30.0 cm³/mol. The van der Waals surface area contributed by atoms with Crippen molar-refractivity contribution in [1.82, 2.24) is 0 Å². The number of carboxylic acids is 2. The van der Waals surface area contributed by atoms with Crippen molar-refractivity contribution in [2.45, 2.75) is 11.7 Å². The van der Waals surface area contributed by atoms with Crippen LogP contribution in [0, 0.1) is 0 Å². The van der Waals surface area contributed by atoms with Crippen molar-refractivity contribution in [2.75, 3.05) is 0 Å². The van der Waals surface area contributed by atoms with Crippen LogP contribution in [0.15, 0.2) is 0 Å². The van der Waals surface area contributed by atoms with E-state index in [1.807, 2.05) is 0 Å². The number of hydrogen-bond donors (Lipinski definition) is 1. The Kier molecular flexibility index (Phi) is 10.3. The van der Waals surface area contributed by atoms with Gasteiger partial charge >= 0.3 is 37.7 Å². The fourth-order valence-electron chi connectivity index (χ4n) is 0.462. The Hall–Kier alpha value is 0.0448. The second-order valence-electron chi connectivity index (χ2n) is 1.90. The molecular weight excluding hydrogens is 206 g/mol. The van der Waals surface area contributed by atoms with E-state index in [0.29, 0.717) is 0 Å². The molecular formula is C4H4Li2O7S. The zero-order chi connectivity index (χ0) is 9.94. The summed E-state index contributed by atoms with van der Waals surface area (Å²) in [6.07, 6.45) is -1.33. The van der Waals surface area contributed by atoms with E-state index in [0.717, 1.165) is 0 Å². The van der Waals surface area contributed by atoms with Crippen LogP contribution >= 0.6 is 0 Å². The summed E-state index contributed by atoms with van der Waals surface area (Å²) in [6, 6.07) is 0. The standard InChI is InChI=1S/C4H6O7S.2Li/c5-3(6)1-2(4(7)8)12(9,10)11;;/h2H,1H2,(H,5,6)(H,7,8)(H,9,10,11);;/q;2*+1/p-2. The summed E-state index contributed by atoms with van der Waals surface area (Å²) in [7, 11) is -4.94. The van der Waals surface area contributed by atoms with E-state index >= 15 is 0 Å². The molecule has 14 heavy (non-hydrogen) atoms. The molecule has 0 fully saturated rings. The molecule has 0 rings (SSSR count). The molecule has 0 amide bonds. The predicted octanol–water partition coefficient (Wildman–Crippen LogP) is -9.86. The Morgan fingerprint density at radius 3 is 1.64 bits per heavy atom. The summed E-state index contributed by atoms with van der Waals surface area (Å²) >= 11 is 0. The van der Waals surface area contributed by atoms with Crippen LogP contribution in [0.1, 0.15) is 6.42 Å². The van der Waals surface area contributed by atoms with Crippen molar-refractivity contribution in [3.05, 3.63) is 0 Å². The maximum atomic E-state index is 10.2. The van der Waals surface area contributed by atoms with Gasteiger partial charge < -0.3 is 19.8 Å². The molecule has 0 bridgehead atoms. The van der Waals surface area contributed by atoms with Crippen LogP contribution < -0.4 is 47.9 Å². The van der Waals surface area contributed by atoms with Crippen LogP contribution in [-0.2, 0) is 19.7 Å². The number of carbonyl (C=O) groups is 2. The first-order chi connectivity index (χ1) is 5.25. The minimum Gasteiger partial charge on any atom is -0.550 e. The first-order valence-electron chi connectivity index (χ1n) is 2.62. The maximum absolute atomic E-state index is 10.2. The molecule has 10 heteroatoms. The SMILES string of the molecule is O=C([O-])CC(C(=O)[O-])S(=O)(=O)O.[Li+].[Li+]. The van der Waals surface area contributed by atoms with Gasteiger partial charge in [0, 0.05) is 12.4 Å².